The number of nitrogens with zero attached hydrogens (tertiary/aromatic N) is 3. The maximum Gasteiger partial charge on any atom is 0.230 e. The number of phenols is 1. The second-order valence-electron chi connectivity index (χ2n) is 15.1. The molecular weight excluding hydrogens is 846 g/mol. The second-order valence-corrected chi connectivity index (χ2v) is 15.1. The molecule has 0 aliphatic rings. The maximum atomic E-state index is 11.1. The van der Waals surface area contributed by atoms with Crippen LogP contribution in [0.15, 0.2) is 138 Å². The zero-order valence-electron chi connectivity index (χ0n) is 31.3. The Hall–Kier alpha value is -5.51. The molecule has 0 bridgehead atoms. The van der Waals surface area contributed by atoms with Crippen LogP contribution in [0.3, 0.4) is 0 Å². The summed E-state index contributed by atoms with van der Waals surface area (Å²) in [6.07, 6.45) is 1.91. The molecule has 5 nitrogen and oxygen atoms in total. The van der Waals surface area contributed by atoms with Crippen LogP contribution < -0.4 is 4.90 Å². The van der Waals surface area contributed by atoms with Gasteiger partial charge in [-0.05, 0) is 70.3 Å². The van der Waals surface area contributed by atoms with Crippen molar-refractivity contribution in [2.24, 2.45) is 0 Å². The van der Waals surface area contributed by atoms with Gasteiger partial charge in [-0.15, -0.1) is 34.9 Å². The van der Waals surface area contributed by atoms with Crippen LogP contribution >= 0.6 is 0 Å². The molecule has 1 N–H and O–H groups in total. The first-order valence-corrected chi connectivity index (χ1v) is 18.2. The molecule has 272 valence electrons. The van der Waals surface area contributed by atoms with Crippen LogP contribution in [0.2, 0.25) is 0 Å². The van der Waals surface area contributed by atoms with Crippen molar-refractivity contribution in [2.45, 2.75) is 52.9 Å². The van der Waals surface area contributed by atoms with Crippen molar-refractivity contribution < 1.29 is 30.6 Å². The minimum atomic E-state index is -0.127. The summed E-state index contributed by atoms with van der Waals surface area (Å²) in [6.45, 7) is 13.0. The van der Waals surface area contributed by atoms with E-state index in [1.54, 1.807) is 6.07 Å². The number of aryl methyl sites for hydroxylation is 1. The van der Waals surface area contributed by atoms with Crippen molar-refractivity contribution in [3.8, 4) is 39.5 Å². The van der Waals surface area contributed by atoms with Gasteiger partial charge >= 0.3 is 0 Å². The van der Waals surface area contributed by atoms with Crippen molar-refractivity contribution in [1.82, 2.24) is 9.97 Å². The molecule has 8 rings (SSSR count). The first-order valence-electron chi connectivity index (χ1n) is 18.2. The number of fused-ring (bicyclic) bond motifs is 2. The Kier molecular flexibility index (Phi) is 10.0. The average molecular weight is 888 g/mol. The number of aromatic nitrogens is 2. The van der Waals surface area contributed by atoms with E-state index in [1.165, 1.54) is 5.56 Å². The Morgan fingerprint density at radius 1 is 0.685 bits per heavy atom. The Morgan fingerprint density at radius 2 is 1.35 bits per heavy atom. The van der Waals surface area contributed by atoms with Crippen LogP contribution in [0.5, 0.6) is 5.75 Å². The fourth-order valence-corrected chi connectivity index (χ4v) is 7.16. The number of rotatable bonds is 7. The minimum Gasteiger partial charge on any atom is -0.507 e. The van der Waals surface area contributed by atoms with E-state index in [-0.39, 0.29) is 32.2 Å². The number of benzene rings is 6. The molecule has 0 unspecified atom stereocenters. The fourth-order valence-electron chi connectivity index (χ4n) is 7.16. The second kappa shape index (κ2) is 14.7. The van der Waals surface area contributed by atoms with Gasteiger partial charge in [-0.1, -0.05) is 119 Å². The van der Waals surface area contributed by atoms with Gasteiger partial charge in [0.05, 0.1) is 11.1 Å². The summed E-state index contributed by atoms with van der Waals surface area (Å²) in [5.74, 6) is 0.848. The van der Waals surface area contributed by atoms with Gasteiger partial charge in [-0.3, -0.25) is 4.98 Å². The van der Waals surface area contributed by atoms with Crippen molar-refractivity contribution in [2.75, 3.05) is 4.90 Å². The van der Waals surface area contributed by atoms with Crippen LogP contribution in [0.4, 0.5) is 17.1 Å². The third-order valence-electron chi connectivity index (χ3n) is 9.88. The summed E-state index contributed by atoms with van der Waals surface area (Å²) in [5, 5.41) is 12.3. The molecule has 0 saturated heterocycles. The molecule has 8 aromatic rings. The van der Waals surface area contributed by atoms with Crippen LogP contribution in [-0.2, 0) is 26.5 Å². The molecule has 0 radical (unpaired) electrons. The summed E-state index contributed by atoms with van der Waals surface area (Å²) in [4.78, 5) is 12.2. The van der Waals surface area contributed by atoms with Gasteiger partial charge in [0.25, 0.3) is 0 Å². The predicted molar refractivity (Wildman–Crippen MR) is 218 cm³/mol. The minimum absolute atomic E-state index is 0. The number of pyridine rings is 1. The third kappa shape index (κ3) is 6.97. The summed E-state index contributed by atoms with van der Waals surface area (Å²) in [5.41, 5.74) is 12.8. The van der Waals surface area contributed by atoms with Gasteiger partial charge < -0.3 is 14.4 Å². The fraction of sp³-hybridized carbons (Fsp3) is 0.167. The van der Waals surface area contributed by atoms with E-state index in [2.05, 4.69) is 119 Å². The SMILES string of the molecule is Cc1cc(-c2cc(N(c3ccccc3)c3ccccc3)cc3oc(-c4cc(C(C)(C)C)ccc4O)nc23)[c-]c(-c2cccc3c(C(C)C)ccnc23)c1.[Pt]. The summed E-state index contributed by atoms with van der Waals surface area (Å²) < 4.78 is 6.64. The standard InChI is InChI=1S/C48H42N3O2.Pt/c1-30(2)38-22-23-49-45-39(18-13-19-40(38)45)32-24-31(3)25-33(26-32)41-28-37(51(35-14-9-7-10-15-35)36-16-11-8-12-17-36)29-44-46(41)50-47(53-44)42-27-34(48(4,5)6)20-21-43(42)52;/h7-25,27-30,52H,1-6H3;/q-1;. The van der Waals surface area contributed by atoms with Gasteiger partial charge in [0.15, 0.2) is 0 Å². The van der Waals surface area contributed by atoms with Gasteiger partial charge in [0.1, 0.15) is 11.3 Å². The Labute approximate surface area is 331 Å². The number of hydrogen-bond acceptors (Lipinski definition) is 5. The monoisotopic (exact) mass is 887 g/mol. The molecule has 2 heterocycles. The molecule has 6 aromatic carbocycles. The number of para-hydroxylation sites is 3. The quantitative estimate of drug-likeness (QED) is 0.162. The van der Waals surface area contributed by atoms with Gasteiger partial charge in [0, 0.05) is 55.9 Å². The topological polar surface area (TPSA) is 62.4 Å². The van der Waals surface area contributed by atoms with Crippen LogP contribution in [-0.4, -0.2) is 15.1 Å². The summed E-state index contributed by atoms with van der Waals surface area (Å²) in [6, 6.07) is 47.2. The smallest absolute Gasteiger partial charge is 0.230 e. The first kappa shape index (κ1) is 36.8. The largest absolute Gasteiger partial charge is 0.507 e. The summed E-state index contributed by atoms with van der Waals surface area (Å²) >= 11 is 0. The molecule has 54 heavy (non-hydrogen) atoms. The van der Waals surface area contributed by atoms with Gasteiger partial charge in [0.2, 0.25) is 5.89 Å². The number of anilines is 3. The summed E-state index contributed by atoms with van der Waals surface area (Å²) in [7, 11) is 0. The zero-order valence-corrected chi connectivity index (χ0v) is 33.6. The molecule has 0 aliphatic carbocycles. The normalized spacial score (nSPS) is 11.6. The first-order chi connectivity index (χ1) is 25.5. The molecule has 0 fully saturated rings. The molecule has 2 aromatic heterocycles. The van der Waals surface area contributed by atoms with Crippen LogP contribution in [0, 0.1) is 13.0 Å². The molecule has 0 amide bonds. The van der Waals surface area contributed by atoms with E-state index in [1.807, 2.05) is 60.8 Å². The number of phenolic OH excluding ortho intramolecular Hbond substituents is 1. The Balaban J connectivity index is 0.00000450. The average Bonchev–Trinajstić information content (AvgIpc) is 3.58. The molecule has 0 aliphatic heterocycles. The van der Waals surface area contributed by atoms with E-state index < -0.39 is 0 Å². The van der Waals surface area contributed by atoms with Crippen molar-refractivity contribution >= 4 is 39.1 Å². The van der Waals surface area contributed by atoms with E-state index in [9.17, 15) is 5.11 Å². The predicted octanol–water partition coefficient (Wildman–Crippen LogP) is 13.1. The van der Waals surface area contributed by atoms with Crippen molar-refractivity contribution in [3.63, 3.8) is 0 Å². The maximum absolute atomic E-state index is 11.1. The molecule has 0 saturated carbocycles. The zero-order chi connectivity index (χ0) is 36.9. The van der Waals surface area contributed by atoms with Crippen molar-refractivity contribution in [1.29, 1.82) is 0 Å². The number of hydrogen-bond donors (Lipinski definition) is 1. The molecular formula is C48H42N3O2Pt-. The molecule has 6 heteroatoms. The number of oxazole rings is 1. The van der Waals surface area contributed by atoms with Crippen LogP contribution in [0.1, 0.15) is 57.2 Å². The molecule has 0 atom stereocenters. The van der Waals surface area contributed by atoms with Crippen LogP contribution in [0.25, 0.3) is 55.7 Å². The third-order valence-corrected chi connectivity index (χ3v) is 9.88. The molecule has 0 spiro atoms. The Morgan fingerprint density at radius 3 is 2.00 bits per heavy atom. The number of aromatic hydroxyl groups is 1. The van der Waals surface area contributed by atoms with E-state index >= 15 is 0 Å². The van der Waals surface area contributed by atoms with E-state index in [0.29, 0.717) is 28.5 Å². The van der Waals surface area contributed by atoms with Gasteiger partial charge in [-0.2, -0.15) is 0 Å². The van der Waals surface area contributed by atoms with E-state index in [4.69, 9.17) is 14.4 Å². The van der Waals surface area contributed by atoms with Gasteiger partial charge in [-0.25, -0.2) is 4.98 Å². The van der Waals surface area contributed by atoms with E-state index in [0.717, 1.165) is 61.3 Å². The van der Waals surface area contributed by atoms with Crippen molar-refractivity contribution in [3.05, 3.63) is 156 Å². The Bertz CT molecular complexity index is 2570.